The molecule has 0 saturated heterocycles. The molecule has 0 unspecified atom stereocenters. The average Bonchev–Trinajstić information content (AvgIpc) is 2.34. The van der Waals surface area contributed by atoms with Gasteiger partial charge in [0, 0.05) is 18.9 Å². The number of hydrogen-bond donors (Lipinski definition) is 1. The van der Waals surface area contributed by atoms with Gasteiger partial charge in [0.2, 0.25) is 0 Å². The van der Waals surface area contributed by atoms with Crippen molar-refractivity contribution in [1.29, 1.82) is 0 Å². The zero-order valence-electron chi connectivity index (χ0n) is 9.56. The van der Waals surface area contributed by atoms with E-state index in [1.54, 1.807) is 0 Å². The van der Waals surface area contributed by atoms with Crippen molar-refractivity contribution in [1.82, 2.24) is 0 Å². The van der Waals surface area contributed by atoms with Crippen LogP contribution in [0.5, 0.6) is 0 Å². The summed E-state index contributed by atoms with van der Waals surface area (Å²) in [6.45, 7) is 2.18. The third-order valence-corrected chi connectivity index (χ3v) is 2.30. The number of carbonyl (C=O) groups is 1. The summed E-state index contributed by atoms with van der Waals surface area (Å²) in [5.74, 6) is -0.190. The second kappa shape index (κ2) is 7.01. The second-order valence-corrected chi connectivity index (χ2v) is 3.96. The quantitative estimate of drug-likeness (QED) is 0.746. The van der Waals surface area contributed by atoms with Gasteiger partial charge in [0.05, 0.1) is 6.61 Å². The van der Waals surface area contributed by atoms with Crippen molar-refractivity contribution in [2.24, 2.45) is 5.92 Å². The molecule has 1 N–H and O–H groups in total. The predicted molar refractivity (Wildman–Crippen MR) is 62.0 cm³/mol. The molecule has 0 aliphatic rings. The van der Waals surface area contributed by atoms with Crippen LogP contribution in [0.15, 0.2) is 30.3 Å². The molecule has 3 heteroatoms. The van der Waals surface area contributed by atoms with Gasteiger partial charge < -0.3 is 9.84 Å². The molecule has 0 aliphatic heterocycles. The van der Waals surface area contributed by atoms with E-state index in [9.17, 15) is 4.79 Å². The second-order valence-electron chi connectivity index (χ2n) is 3.96. The van der Waals surface area contributed by atoms with E-state index in [4.69, 9.17) is 9.84 Å². The van der Waals surface area contributed by atoms with Crippen LogP contribution < -0.4 is 0 Å². The van der Waals surface area contributed by atoms with Crippen LogP contribution in [0.25, 0.3) is 0 Å². The average molecular weight is 222 g/mol. The summed E-state index contributed by atoms with van der Waals surface area (Å²) >= 11 is 0. The Hall–Kier alpha value is -1.35. The summed E-state index contributed by atoms with van der Waals surface area (Å²) in [6.07, 6.45) is 1.09. The maximum Gasteiger partial charge on any atom is 0.306 e. The van der Waals surface area contributed by atoms with E-state index in [1.807, 2.05) is 37.3 Å². The van der Waals surface area contributed by atoms with Crippen LogP contribution in [0.3, 0.4) is 0 Å². The largest absolute Gasteiger partial charge is 0.465 e. The van der Waals surface area contributed by atoms with Gasteiger partial charge in [0.15, 0.2) is 0 Å². The molecule has 0 radical (unpaired) electrons. The number of benzene rings is 1. The van der Waals surface area contributed by atoms with Crippen molar-refractivity contribution in [3.63, 3.8) is 0 Å². The summed E-state index contributed by atoms with van der Waals surface area (Å²) in [5, 5.41) is 8.76. The Labute approximate surface area is 96.1 Å². The molecule has 88 valence electrons. The van der Waals surface area contributed by atoms with E-state index < -0.39 is 0 Å². The molecule has 0 heterocycles. The zero-order valence-corrected chi connectivity index (χ0v) is 9.56. The first-order valence-corrected chi connectivity index (χ1v) is 5.52. The van der Waals surface area contributed by atoms with Crippen LogP contribution in [-0.2, 0) is 16.0 Å². The molecule has 0 spiro atoms. The maximum atomic E-state index is 11.3. The van der Waals surface area contributed by atoms with Crippen molar-refractivity contribution in [3.8, 4) is 0 Å². The van der Waals surface area contributed by atoms with Crippen molar-refractivity contribution in [2.45, 2.75) is 19.8 Å². The first-order valence-electron chi connectivity index (χ1n) is 5.52. The van der Waals surface area contributed by atoms with E-state index in [2.05, 4.69) is 0 Å². The van der Waals surface area contributed by atoms with Crippen molar-refractivity contribution in [2.75, 3.05) is 13.2 Å². The fourth-order valence-corrected chi connectivity index (χ4v) is 1.25. The van der Waals surface area contributed by atoms with E-state index in [0.717, 1.165) is 5.56 Å². The SMILES string of the molecule is C[C@@H](CO)COC(=O)CCc1ccccc1. The number of aliphatic hydroxyl groups excluding tert-OH is 1. The fourth-order valence-electron chi connectivity index (χ4n) is 1.25. The number of carbonyl (C=O) groups excluding carboxylic acids is 1. The normalized spacial score (nSPS) is 12.1. The minimum absolute atomic E-state index is 0.0145. The fraction of sp³-hybridized carbons (Fsp3) is 0.462. The summed E-state index contributed by atoms with van der Waals surface area (Å²) in [5.41, 5.74) is 1.13. The summed E-state index contributed by atoms with van der Waals surface area (Å²) < 4.78 is 5.02. The molecule has 1 atom stereocenters. The lowest BCUT2D eigenvalue weighted by molar-refractivity contribution is -0.145. The van der Waals surface area contributed by atoms with Gasteiger partial charge in [-0.15, -0.1) is 0 Å². The molecule has 1 rings (SSSR count). The highest BCUT2D eigenvalue weighted by molar-refractivity contribution is 5.69. The number of ether oxygens (including phenoxy) is 1. The lowest BCUT2D eigenvalue weighted by Gasteiger charge is -2.08. The smallest absolute Gasteiger partial charge is 0.306 e. The maximum absolute atomic E-state index is 11.3. The molecular weight excluding hydrogens is 204 g/mol. The van der Waals surface area contributed by atoms with Gasteiger partial charge in [-0.3, -0.25) is 4.79 Å². The molecule has 1 aromatic rings. The Balaban J connectivity index is 2.20. The minimum atomic E-state index is -0.204. The van der Waals surface area contributed by atoms with Crippen molar-refractivity contribution >= 4 is 5.97 Å². The molecule has 0 amide bonds. The predicted octanol–water partition coefficient (Wildman–Crippen LogP) is 1.79. The highest BCUT2D eigenvalue weighted by Crippen LogP contribution is 2.04. The first kappa shape index (κ1) is 12.7. The Bertz CT molecular complexity index is 308. The van der Waals surface area contributed by atoms with Crippen LogP contribution in [-0.4, -0.2) is 24.3 Å². The van der Waals surface area contributed by atoms with E-state index in [1.165, 1.54) is 0 Å². The highest BCUT2D eigenvalue weighted by Gasteiger charge is 2.06. The summed E-state index contributed by atoms with van der Waals surface area (Å²) in [4.78, 5) is 11.3. The molecular formula is C13H18O3. The van der Waals surface area contributed by atoms with Crippen LogP contribution in [0.1, 0.15) is 18.9 Å². The lowest BCUT2D eigenvalue weighted by Crippen LogP contribution is -2.14. The Morgan fingerprint density at radius 3 is 2.69 bits per heavy atom. The molecule has 0 saturated carbocycles. The molecule has 0 bridgehead atoms. The highest BCUT2D eigenvalue weighted by atomic mass is 16.5. The molecule has 1 aromatic carbocycles. The molecule has 16 heavy (non-hydrogen) atoms. The number of aryl methyl sites for hydroxylation is 1. The minimum Gasteiger partial charge on any atom is -0.465 e. The molecule has 3 nitrogen and oxygen atoms in total. The Morgan fingerprint density at radius 1 is 1.38 bits per heavy atom. The van der Waals surface area contributed by atoms with Gasteiger partial charge in [-0.05, 0) is 12.0 Å². The van der Waals surface area contributed by atoms with Crippen LogP contribution in [0.2, 0.25) is 0 Å². The number of aliphatic hydroxyl groups is 1. The first-order chi connectivity index (χ1) is 7.72. The van der Waals surface area contributed by atoms with Gasteiger partial charge >= 0.3 is 5.97 Å². The number of rotatable bonds is 6. The van der Waals surface area contributed by atoms with Crippen LogP contribution in [0, 0.1) is 5.92 Å². The molecule has 0 aliphatic carbocycles. The van der Waals surface area contributed by atoms with Gasteiger partial charge in [0.25, 0.3) is 0 Å². The van der Waals surface area contributed by atoms with Crippen molar-refractivity contribution in [3.05, 3.63) is 35.9 Å². The van der Waals surface area contributed by atoms with Gasteiger partial charge in [-0.2, -0.15) is 0 Å². The Morgan fingerprint density at radius 2 is 2.06 bits per heavy atom. The van der Waals surface area contributed by atoms with Crippen LogP contribution in [0.4, 0.5) is 0 Å². The van der Waals surface area contributed by atoms with Crippen molar-refractivity contribution < 1.29 is 14.6 Å². The lowest BCUT2D eigenvalue weighted by atomic mass is 10.1. The Kier molecular flexibility index (Phi) is 5.57. The third-order valence-electron chi connectivity index (χ3n) is 2.30. The van der Waals surface area contributed by atoms with Gasteiger partial charge in [0.1, 0.15) is 0 Å². The summed E-state index contributed by atoms with van der Waals surface area (Å²) in [7, 11) is 0. The number of hydrogen-bond acceptors (Lipinski definition) is 3. The van der Waals surface area contributed by atoms with Crippen LogP contribution >= 0.6 is 0 Å². The third kappa shape index (κ3) is 4.94. The van der Waals surface area contributed by atoms with Gasteiger partial charge in [-0.25, -0.2) is 0 Å². The monoisotopic (exact) mass is 222 g/mol. The molecule has 0 aromatic heterocycles. The van der Waals surface area contributed by atoms with Gasteiger partial charge in [-0.1, -0.05) is 37.3 Å². The topological polar surface area (TPSA) is 46.5 Å². The van der Waals surface area contributed by atoms with E-state index >= 15 is 0 Å². The standard InChI is InChI=1S/C13H18O3/c1-11(9-14)10-16-13(15)8-7-12-5-3-2-4-6-12/h2-6,11,14H,7-10H2,1H3/t11-/m0/s1. The number of esters is 1. The zero-order chi connectivity index (χ0) is 11.8. The van der Waals surface area contributed by atoms with E-state index in [-0.39, 0.29) is 18.5 Å². The van der Waals surface area contributed by atoms with E-state index in [0.29, 0.717) is 19.4 Å². The summed E-state index contributed by atoms with van der Waals surface area (Å²) in [6, 6.07) is 9.83. The molecule has 0 fully saturated rings.